The zero-order chi connectivity index (χ0) is 18.0. The van der Waals surface area contributed by atoms with E-state index in [9.17, 15) is 13.2 Å². The molecular weight excluding hydrogens is 346 g/mol. The van der Waals surface area contributed by atoms with Crippen molar-refractivity contribution in [3.63, 3.8) is 0 Å². The Hall–Kier alpha value is -1.45. The molecule has 140 valence electrons. The van der Waals surface area contributed by atoms with Gasteiger partial charge in [0.15, 0.2) is 5.76 Å². The second-order valence-electron chi connectivity index (χ2n) is 6.71. The van der Waals surface area contributed by atoms with Gasteiger partial charge in [-0.3, -0.25) is 4.79 Å². The Balaban J connectivity index is 1.55. The lowest BCUT2D eigenvalue weighted by Crippen LogP contribution is -2.44. The minimum Gasteiger partial charge on any atom is -0.376 e. The van der Waals surface area contributed by atoms with Crippen molar-refractivity contribution < 1.29 is 22.5 Å². The molecule has 1 aromatic rings. The second kappa shape index (κ2) is 7.43. The van der Waals surface area contributed by atoms with Gasteiger partial charge in [-0.2, -0.15) is 4.31 Å². The lowest BCUT2D eigenvalue weighted by Gasteiger charge is -2.30. The molecule has 8 nitrogen and oxygen atoms in total. The van der Waals surface area contributed by atoms with Crippen LogP contribution < -0.4 is 5.32 Å². The number of carbonyl (C=O) groups is 1. The number of hydrogen-bond donors (Lipinski definition) is 1. The number of carbonyl (C=O) groups excluding carboxylic acids is 1. The predicted octanol–water partition coefficient (Wildman–Crippen LogP) is 0.987. The van der Waals surface area contributed by atoms with E-state index in [0.717, 1.165) is 19.4 Å². The summed E-state index contributed by atoms with van der Waals surface area (Å²) in [6.07, 6.45) is 3.16. The SMILES string of the molecule is Cc1noc(C)c1S(=O)(=O)N1CCC(C(=O)NC[C@H]2CCCO2)CC1. The third kappa shape index (κ3) is 3.88. The summed E-state index contributed by atoms with van der Waals surface area (Å²) in [4.78, 5) is 12.4. The summed E-state index contributed by atoms with van der Waals surface area (Å²) in [5.41, 5.74) is 0.369. The zero-order valence-electron chi connectivity index (χ0n) is 14.7. The average molecular weight is 371 g/mol. The van der Waals surface area contributed by atoms with Crippen LogP contribution >= 0.6 is 0 Å². The van der Waals surface area contributed by atoms with Crippen molar-refractivity contribution in [2.24, 2.45) is 5.92 Å². The summed E-state index contributed by atoms with van der Waals surface area (Å²) in [5.74, 6) is 0.135. The number of amides is 1. The molecule has 0 bridgehead atoms. The van der Waals surface area contributed by atoms with E-state index in [1.165, 1.54) is 4.31 Å². The van der Waals surface area contributed by atoms with Gasteiger partial charge in [0.1, 0.15) is 10.6 Å². The van der Waals surface area contributed by atoms with E-state index in [0.29, 0.717) is 43.9 Å². The van der Waals surface area contributed by atoms with Gasteiger partial charge >= 0.3 is 0 Å². The van der Waals surface area contributed by atoms with Gasteiger partial charge in [-0.15, -0.1) is 0 Å². The van der Waals surface area contributed by atoms with Gasteiger partial charge in [0.2, 0.25) is 15.9 Å². The summed E-state index contributed by atoms with van der Waals surface area (Å²) < 4.78 is 37.4. The number of piperidine rings is 1. The van der Waals surface area contributed by atoms with Crippen molar-refractivity contribution in [2.45, 2.75) is 50.5 Å². The third-order valence-electron chi connectivity index (χ3n) is 4.92. The van der Waals surface area contributed by atoms with E-state index >= 15 is 0 Å². The first-order valence-electron chi connectivity index (χ1n) is 8.72. The van der Waals surface area contributed by atoms with Crippen LogP contribution in [0.15, 0.2) is 9.42 Å². The maximum atomic E-state index is 12.8. The van der Waals surface area contributed by atoms with Crippen LogP contribution in [0.2, 0.25) is 0 Å². The number of rotatable bonds is 5. The Bertz CT molecular complexity index is 697. The molecule has 25 heavy (non-hydrogen) atoms. The Morgan fingerprint density at radius 2 is 2.00 bits per heavy atom. The van der Waals surface area contributed by atoms with Crippen molar-refractivity contribution in [1.82, 2.24) is 14.8 Å². The molecule has 2 saturated heterocycles. The first-order chi connectivity index (χ1) is 11.9. The molecule has 2 aliphatic rings. The summed E-state index contributed by atoms with van der Waals surface area (Å²) >= 11 is 0. The fraction of sp³-hybridized carbons (Fsp3) is 0.750. The molecule has 2 fully saturated rings. The predicted molar refractivity (Wildman–Crippen MR) is 89.4 cm³/mol. The molecule has 1 aromatic heterocycles. The van der Waals surface area contributed by atoms with Gasteiger partial charge in [-0.25, -0.2) is 8.42 Å². The molecule has 0 aromatic carbocycles. The van der Waals surface area contributed by atoms with Crippen molar-refractivity contribution in [1.29, 1.82) is 0 Å². The van der Waals surface area contributed by atoms with Crippen LogP contribution in [0, 0.1) is 19.8 Å². The van der Waals surface area contributed by atoms with E-state index in [-0.39, 0.29) is 22.8 Å². The first-order valence-corrected chi connectivity index (χ1v) is 10.2. The fourth-order valence-electron chi connectivity index (χ4n) is 3.49. The molecule has 1 amide bonds. The summed E-state index contributed by atoms with van der Waals surface area (Å²) in [6.45, 7) is 5.16. The molecule has 1 N–H and O–H groups in total. The van der Waals surface area contributed by atoms with Crippen LogP contribution in [-0.2, 0) is 19.6 Å². The quantitative estimate of drug-likeness (QED) is 0.828. The van der Waals surface area contributed by atoms with Gasteiger partial charge in [0.25, 0.3) is 0 Å². The van der Waals surface area contributed by atoms with Crippen molar-refractivity contribution in [3.05, 3.63) is 11.5 Å². The van der Waals surface area contributed by atoms with E-state index in [1.807, 2.05) is 0 Å². The highest BCUT2D eigenvalue weighted by atomic mass is 32.2. The molecule has 3 heterocycles. The Morgan fingerprint density at radius 3 is 2.56 bits per heavy atom. The topological polar surface area (TPSA) is 102 Å². The molecular formula is C16H25N3O5S. The zero-order valence-corrected chi connectivity index (χ0v) is 15.5. The highest BCUT2D eigenvalue weighted by molar-refractivity contribution is 7.89. The monoisotopic (exact) mass is 371 g/mol. The largest absolute Gasteiger partial charge is 0.376 e. The van der Waals surface area contributed by atoms with Gasteiger partial charge < -0.3 is 14.6 Å². The smallest absolute Gasteiger partial charge is 0.248 e. The third-order valence-corrected chi connectivity index (χ3v) is 7.06. The number of sulfonamides is 1. The maximum Gasteiger partial charge on any atom is 0.248 e. The second-order valence-corrected chi connectivity index (χ2v) is 8.59. The average Bonchev–Trinajstić information content (AvgIpc) is 3.22. The Labute approximate surface area is 147 Å². The molecule has 0 aliphatic carbocycles. The highest BCUT2D eigenvalue weighted by Crippen LogP contribution is 2.27. The number of aromatic nitrogens is 1. The van der Waals surface area contributed by atoms with Crippen molar-refractivity contribution >= 4 is 15.9 Å². The molecule has 1 atom stereocenters. The number of ether oxygens (including phenoxy) is 1. The van der Waals surface area contributed by atoms with E-state index in [1.54, 1.807) is 13.8 Å². The number of nitrogens with one attached hydrogen (secondary N) is 1. The molecule has 0 spiro atoms. The summed E-state index contributed by atoms with van der Waals surface area (Å²) in [7, 11) is -3.63. The summed E-state index contributed by atoms with van der Waals surface area (Å²) in [5, 5.41) is 6.66. The van der Waals surface area contributed by atoms with Crippen molar-refractivity contribution in [2.75, 3.05) is 26.2 Å². The fourth-order valence-corrected chi connectivity index (χ4v) is 5.26. The maximum absolute atomic E-state index is 12.8. The normalized spacial score (nSPS) is 23.0. The van der Waals surface area contributed by atoms with Crippen LogP contribution in [0.1, 0.15) is 37.1 Å². The van der Waals surface area contributed by atoms with Crippen LogP contribution in [0.25, 0.3) is 0 Å². The molecule has 0 unspecified atom stereocenters. The molecule has 2 aliphatic heterocycles. The lowest BCUT2D eigenvalue weighted by atomic mass is 9.97. The highest BCUT2D eigenvalue weighted by Gasteiger charge is 2.35. The Kier molecular flexibility index (Phi) is 5.45. The number of hydrogen-bond acceptors (Lipinski definition) is 6. The van der Waals surface area contributed by atoms with E-state index in [4.69, 9.17) is 9.26 Å². The van der Waals surface area contributed by atoms with Gasteiger partial charge in [0.05, 0.1) is 6.10 Å². The molecule has 0 saturated carbocycles. The molecule has 0 radical (unpaired) electrons. The van der Waals surface area contributed by atoms with Crippen LogP contribution in [0.5, 0.6) is 0 Å². The number of nitrogens with zero attached hydrogens (tertiary/aromatic N) is 2. The summed E-state index contributed by atoms with van der Waals surface area (Å²) in [6, 6.07) is 0. The van der Waals surface area contributed by atoms with E-state index < -0.39 is 10.0 Å². The minimum atomic E-state index is -3.63. The lowest BCUT2D eigenvalue weighted by molar-refractivity contribution is -0.126. The van der Waals surface area contributed by atoms with Gasteiger partial charge in [-0.05, 0) is 39.5 Å². The molecule has 9 heteroatoms. The van der Waals surface area contributed by atoms with Crippen molar-refractivity contribution in [3.8, 4) is 0 Å². The Morgan fingerprint density at radius 1 is 1.28 bits per heavy atom. The van der Waals surface area contributed by atoms with Gasteiger partial charge in [-0.1, -0.05) is 5.16 Å². The molecule has 3 rings (SSSR count). The van der Waals surface area contributed by atoms with E-state index in [2.05, 4.69) is 10.5 Å². The number of aryl methyl sites for hydroxylation is 2. The van der Waals surface area contributed by atoms with Crippen LogP contribution in [-0.4, -0.2) is 56.1 Å². The van der Waals surface area contributed by atoms with Crippen LogP contribution in [0.3, 0.4) is 0 Å². The first kappa shape index (κ1) is 18.3. The standard InChI is InChI=1S/C16H25N3O5S/c1-11-15(12(2)24-18-11)25(21,22)19-7-5-13(6-8-19)16(20)17-10-14-4-3-9-23-14/h13-14H,3-10H2,1-2H3,(H,17,20)/t14-/m1/s1. The van der Waals surface area contributed by atoms with Crippen LogP contribution in [0.4, 0.5) is 0 Å². The minimum absolute atomic E-state index is 0.00936. The van der Waals surface area contributed by atoms with Gasteiger partial charge in [0, 0.05) is 32.2 Å².